The Labute approximate surface area is 160 Å². The molecule has 2 heterocycles. The fourth-order valence-electron chi connectivity index (χ4n) is 3.44. The lowest BCUT2D eigenvalue weighted by atomic mass is 9.85. The van der Waals surface area contributed by atoms with E-state index in [4.69, 9.17) is 0 Å². The quantitative estimate of drug-likeness (QED) is 0.563. The van der Waals surface area contributed by atoms with Crippen LogP contribution in [0.5, 0.6) is 0 Å². The minimum absolute atomic E-state index is 0.00553. The van der Waals surface area contributed by atoms with Gasteiger partial charge in [-0.1, -0.05) is 36.8 Å². The lowest BCUT2D eigenvalue weighted by Crippen LogP contribution is -2.30. The van der Waals surface area contributed by atoms with Crippen molar-refractivity contribution in [3.8, 4) is 0 Å². The number of benzene rings is 1. The molecule has 3 aromatic rings. The zero-order valence-corrected chi connectivity index (χ0v) is 16.6. The molecule has 1 fully saturated rings. The molecule has 0 bridgehead atoms. The highest BCUT2D eigenvalue weighted by molar-refractivity contribution is 9.10. The smallest absolute Gasteiger partial charge is 0.268 e. The molecule has 1 N–H and O–H groups in total. The second-order valence-corrected chi connectivity index (χ2v) is 8.61. The van der Waals surface area contributed by atoms with Crippen molar-refractivity contribution in [2.75, 3.05) is 0 Å². The Kier molecular flexibility index (Phi) is 4.69. The number of amides is 1. The fraction of sp³-hybridized carbons (Fsp3) is 0.350. The number of fused-ring (bicyclic) bond motifs is 1. The predicted octanol–water partition coefficient (Wildman–Crippen LogP) is 5.76. The van der Waals surface area contributed by atoms with Crippen molar-refractivity contribution in [3.05, 3.63) is 57.5 Å². The monoisotopic (exact) mass is 416 g/mol. The maximum Gasteiger partial charge on any atom is 0.268 e. The van der Waals surface area contributed by atoms with Gasteiger partial charge >= 0.3 is 0 Å². The first kappa shape index (κ1) is 16.9. The van der Waals surface area contributed by atoms with Crippen LogP contribution < -0.4 is 5.32 Å². The minimum atomic E-state index is -0.0118. The Morgan fingerprint density at radius 2 is 2.12 bits per heavy atom. The first-order valence-corrected chi connectivity index (χ1v) is 10.4. The third-order valence-corrected chi connectivity index (χ3v) is 6.95. The number of aromatic nitrogens is 1. The van der Waals surface area contributed by atoms with Gasteiger partial charge in [-0.25, -0.2) is 0 Å². The Bertz CT molecular complexity index is 895. The van der Waals surface area contributed by atoms with Crippen LogP contribution in [0.1, 0.15) is 48.3 Å². The molecule has 2 aromatic heterocycles. The molecule has 0 saturated heterocycles. The molecule has 1 aliphatic carbocycles. The second kappa shape index (κ2) is 6.96. The normalized spacial score (nSPS) is 15.9. The molecule has 1 atom stereocenters. The number of thiophene rings is 1. The number of hydrogen-bond donors (Lipinski definition) is 1. The number of nitrogens with one attached hydrogen (secondary N) is 1. The van der Waals surface area contributed by atoms with Crippen LogP contribution in [0.4, 0.5) is 0 Å². The molecule has 1 aromatic carbocycles. The van der Waals surface area contributed by atoms with Gasteiger partial charge in [0.15, 0.2) is 0 Å². The van der Waals surface area contributed by atoms with Gasteiger partial charge in [-0.2, -0.15) is 0 Å². The maximum absolute atomic E-state index is 13.0. The van der Waals surface area contributed by atoms with Crippen LogP contribution in [0.15, 0.2) is 46.3 Å². The van der Waals surface area contributed by atoms with Crippen molar-refractivity contribution in [3.63, 3.8) is 0 Å². The maximum atomic E-state index is 13.0. The first-order valence-electron chi connectivity index (χ1n) is 8.75. The lowest BCUT2D eigenvalue weighted by molar-refractivity contribution is 0.0928. The number of halogens is 1. The summed E-state index contributed by atoms with van der Waals surface area (Å²) in [5.74, 6) is 0.700. The van der Waals surface area contributed by atoms with Gasteiger partial charge in [0.05, 0.1) is 20.7 Å². The van der Waals surface area contributed by atoms with Gasteiger partial charge in [-0.15, -0.1) is 11.3 Å². The van der Waals surface area contributed by atoms with Crippen LogP contribution in [-0.4, -0.2) is 10.5 Å². The van der Waals surface area contributed by atoms with Gasteiger partial charge in [-0.05, 0) is 53.2 Å². The topological polar surface area (TPSA) is 34.0 Å². The summed E-state index contributed by atoms with van der Waals surface area (Å²) in [6, 6.07) is 12.1. The van der Waals surface area contributed by atoms with Crippen LogP contribution in [0.2, 0.25) is 0 Å². The molecule has 25 heavy (non-hydrogen) atoms. The molecular weight excluding hydrogens is 396 g/mol. The summed E-state index contributed by atoms with van der Waals surface area (Å²) in [5.41, 5.74) is 3.06. The highest BCUT2D eigenvalue weighted by Crippen LogP contribution is 2.36. The Balaban J connectivity index is 1.63. The lowest BCUT2D eigenvalue weighted by Gasteiger charge is -2.27. The van der Waals surface area contributed by atoms with Crippen LogP contribution in [0, 0.1) is 5.92 Å². The third kappa shape index (κ3) is 3.27. The van der Waals surface area contributed by atoms with Crippen molar-refractivity contribution < 1.29 is 4.79 Å². The largest absolute Gasteiger partial charge is 0.344 e. The molecule has 4 rings (SSSR count). The van der Waals surface area contributed by atoms with E-state index in [1.54, 1.807) is 11.3 Å². The molecule has 0 unspecified atom stereocenters. The van der Waals surface area contributed by atoms with Gasteiger partial charge in [-0.3, -0.25) is 4.79 Å². The third-order valence-electron chi connectivity index (χ3n) is 5.12. The Hall–Kier alpha value is -1.59. The zero-order chi connectivity index (χ0) is 17.4. The molecule has 0 spiro atoms. The second-order valence-electron chi connectivity index (χ2n) is 6.84. The van der Waals surface area contributed by atoms with E-state index in [1.807, 2.05) is 43.3 Å². The van der Waals surface area contributed by atoms with E-state index in [2.05, 4.69) is 31.2 Å². The Morgan fingerprint density at radius 1 is 1.36 bits per heavy atom. The van der Waals surface area contributed by atoms with Crippen molar-refractivity contribution in [2.45, 2.75) is 38.8 Å². The predicted molar refractivity (Wildman–Crippen MR) is 107 cm³/mol. The van der Waals surface area contributed by atoms with Crippen molar-refractivity contribution in [1.82, 2.24) is 9.88 Å². The highest BCUT2D eigenvalue weighted by atomic mass is 79.9. The van der Waals surface area contributed by atoms with Gasteiger partial charge in [0.25, 0.3) is 5.91 Å². The van der Waals surface area contributed by atoms with Gasteiger partial charge < -0.3 is 9.88 Å². The number of carbonyl (C=O) groups is 1. The van der Waals surface area contributed by atoms with Crippen molar-refractivity contribution >= 4 is 43.4 Å². The van der Waals surface area contributed by atoms with E-state index in [0.29, 0.717) is 5.92 Å². The zero-order valence-electron chi connectivity index (χ0n) is 14.2. The standard InChI is InChI=1S/C20H21BrN2OS/c1-13(15-8-3-2-4-9-15)22-20(24)17-10-18-19(16(21)12-25-18)23(17)11-14-6-5-7-14/h2-4,8-10,12-14H,5-7,11H2,1H3,(H,22,24)/t13-/m1/s1. The number of rotatable bonds is 5. The van der Waals surface area contributed by atoms with Crippen molar-refractivity contribution in [2.24, 2.45) is 5.92 Å². The van der Waals surface area contributed by atoms with E-state index >= 15 is 0 Å². The van der Waals surface area contributed by atoms with E-state index in [9.17, 15) is 4.79 Å². The van der Waals surface area contributed by atoms with Gasteiger partial charge in [0.2, 0.25) is 0 Å². The fourth-order valence-corrected chi connectivity index (χ4v) is 5.13. The SMILES string of the molecule is C[C@@H](NC(=O)c1cc2scc(Br)c2n1CC1CCC1)c1ccccc1. The molecule has 1 aliphatic rings. The number of hydrogen-bond acceptors (Lipinski definition) is 2. The summed E-state index contributed by atoms with van der Waals surface area (Å²) in [6.07, 6.45) is 3.85. The van der Waals surface area contributed by atoms with Gasteiger partial charge in [0, 0.05) is 11.9 Å². The van der Waals surface area contributed by atoms with Crippen LogP contribution >= 0.6 is 27.3 Å². The van der Waals surface area contributed by atoms with Crippen LogP contribution in [0.3, 0.4) is 0 Å². The molecule has 5 heteroatoms. The van der Waals surface area contributed by atoms with Crippen LogP contribution in [-0.2, 0) is 6.54 Å². The van der Waals surface area contributed by atoms with E-state index < -0.39 is 0 Å². The van der Waals surface area contributed by atoms with E-state index in [1.165, 1.54) is 24.0 Å². The van der Waals surface area contributed by atoms with Gasteiger partial charge in [0.1, 0.15) is 5.69 Å². The number of nitrogens with zero attached hydrogens (tertiary/aromatic N) is 1. The molecule has 0 aliphatic heterocycles. The molecular formula is C20H21BrN2OS. The molecule has 0 radical (unpaired) electrons. The highest BCUT2D eigenvalue weighted by Gasteiger charge is 2.24. The van der Waals surface area contributed by atoms with E-state index in [-0.39, 0.29) is 11.9 Å². The molecule has 1 amide bonds. The molecule has 130 valence electrons. The minimum Gasteiger partial charge on any atom is -0.344 e. The summed E-state index contributed by atoms with van der Waals surface area (Å²) >= 11 is 5.34. The van der Waals surface area contributed by atoms with Crippen molar-refractivity contribution in [1.29, 1.82) is 0 Å². The molecule has 3 nitrogen and oxygen atoms in total. The Morgan fingerprint density at radius 3 is 2.80 bits per heavy atom. The summed E-state index contributed by atoms with van der Waals surface area (Å²) < 4.78 is 4.47. The summed E-state index contributed by atoms with van der Waals surface area (Å²) in [7, 11) is 0. The van der Waals surface area contributed by atoms with Crippen LogP contribution in [0.25, 0.3) is 10.2 Å². The molecule has 1 saturated carbocycles. The van der Waals surface area contributed by atoms with E-state index in [0.717, 1.165) is 27.8 Å². The first-order chi connectivity index (χ1) is 12.1. The average molecular weight is 417 g/mol. The summed E-state index contributed by atoms with van der Waals surface area (Å²) in [6.45, 7) is 2.96. The number of carbonyl (C=O) groups excluding carboxylic acids is 1. The average Bonchev–Trinajstić information content (AvgIpc) is 3.12. The summed E-state index contributed by atoms with van der Waals surface area (Å²) in [4.78, 5) is 13.0. The summed E-state index contributed by atoms with van der Waals surface area (Å²) in [5, 5.41) is 5.27.